The molecule has 4 nitrogen and oxygen atoms in total. The van der Waals surface area contributed by atoms with Gasteiger partial charge in [-0.15, -0.1) is 0 Å². The van der Waals surface area contributed by atoms with Gasteiger partial charge >= 0.3 is 11.9 Å². The van der Waals surface area contributed by atoms with Crippen molar-refractivity contribution in [3.05, 3.63) is 34.4 Å². The number of hydrogen-bond donors (Lipinski definition) is 2. The highest BCUT2D eigenvalue weighted by molar-refractivity contribution is 6.03. The fourth-order valence-electron chi connectivity index (χ4n) is 1.59. The number of aromatic carboxylic acids is 2. The molecular formula is C11H12O4. The van der Waals surface area contributed by atoms with Crippen LogP contribution in [0.5, 0.6) is 0 Å². The number of carboxylic acid groups (broad SMARTS) is 2. The van der Waals surface area contributed by atoms with Gasteiger partial charge in [0.15, 0.2) is 0 Å². The maximum atomic E-state index is 11.0. The van der Waals surface area contributed by atoms with Crippen LogP contribution in [0.1, 0.15) is 38.8 Å². The van der Waals surface area contributed by atoms with Gasteiger partial charge in [-0.25, -0.2) is 9.59 Å². The Morgan fingerprint density at radius 3 is 2.20 bits per heavy atom. The maximum Gasteiger partial charge on any atom is 0.336 e. The molecule has 0 amide bonds. The molecule has 2 N–H and O–H groups in total. The second-order valence-corrected chi connectivity index (χ2v) is 3.24. The summed E-state index contributed by atoms with van der Waals surface area (Å²) in [5.74, 6) is -2.40. The minimum atomic E-state index is -1.21. The van der Waals surface area contributed by atoms with Crippen molar-refractivity contribution in [1.82, 2.24) is 0 Å². The van der Waals surface area contributed by atoms with Crippen LogP contribution in [0.25, 0.3) is 0 Å². The number of carboxylic acids is 2. The normalized spacial score (nSPS) is 10.0. The van der Waals surface area contributed by atoms with E-state index in [0.717, 1.165) is 5.56 Å². The summed E-state index contributed by atoms with van der Waals surface area (Å²) in [5, 5.41) is 17.8. The van der Waals surface area contributed by atoms with Crippen LogP contribution in [0, 0.1) is 6.92 Å². The average molecular weight is 208 g/mol. The first-order valence-electron chi connectivity index (χ1n) is 4.58. The molecule has 0 saturated heterocycles. The zero-order valence-corrected chi connectivity index (χ0v) is 8.57. The van der Waals surface area contributed by atoms with Crippen molar-refractivity contribution >= 4 is 11.9 Å². The van der Waals surface area contributed by atoms with Gasteiger partial charge in [0.05, 0.1) is 11.1 Å². The molecule has 0 aliphatic carbocycles. The SMILES string of the molecule is CCc1ccc(C(=O)O)c(C(=O)O)c1C. The zero-order valence-electron chi connectivity index (χ0n) is 8.57. The zero-order chi connectivity index (χ0) is 11.6. The summed E-state index contributed by atoms with van der Waals surface area (Å²) < 4.78 is 0. The van der Waals surface area contributed by atoms with E-state index in [1.807, 2.05) is 6.92 Å². The van der Waals surface area contributed by atoms with Gasteiger partial charge in [0.2, 0.25) is 0 Å². The van der Waals surface area contributed by atoms with Crippen molar-refractivity contribution in [3.63, 3.8) is 0 Å². The summed E-state index contributed by atoms with van der Waals surface area (Å²) in [6, 6.07) is 3.00. The van der Waals surface area contributed by atoms with Crippen molar-refractivity contribution in [3.8, 4) is 0 Å². The first-order chi connectivity index (χ1) is 6.99. The molecule has 0 spiro atoms. The summed E-state index contributed by atoms with van der Waals surface area (Å²) in [7, 11) is 0. The monoisotopic (exact) mass is 208 g/mol. The first kappa shape index (κ1) is 11.2. The van der Waals surface area contributed by atoms with Crippen LogP contribution in [0.15, 0.2) is 12.1 Å². The highest BCUT2D eigenvalue weighted by Gasteiger charge is 2.19. The van der Waals surface area contributed by atoms with E-state index in [1.165, 1.54) is 6.07 Å². The van der Waals surface area contributed by atoms with Crippen LogP contribution in [0.3, 0.4) is 0 Å². The lowest BCUT2D eigenvalue weighted by Crippen LogP contribution is -2.11. The van der Waals surface area contributed by atoms with Crippen molar-refractivity contribution in [2.45, 2.75) is 20.3 Å². The van der Waals surface area contributed by atoms with Crippen LogP contribution >= 0.6 is 0 Å². The molecule has 80 valence electrons. The van der Waals surface area contributed by atoms with Crippen molar-refractivity contribution in [2.24, 2.45) is 0 Å². The van der Waals surface area contributed by atoms with Crippen LogP contribution in [0.4, 0.5) is 0 Å². The van der Waals surface area contributed by atoms with E-state index in [4.69, 9.17) is 10.2 Å². The molecule has 4 heteroatoms. The molecule has 15 heavy (non-hydrogen) atoms. The fraction of sp³-hybridized carbons (Fsp3) is 0.273. The molecule has 0 aromatic heterocycles. The smallest absolute Gasteiger partial charge is 0.336 e. The lowest BCUT2D eigenvalue weighted by molar-refractivity contribution is 0.0650. The Bertz CT molecular complexity index is 421. The Hall–Kier alpha value is -1.84. The number of aryl methyl sites for hydroxylation is 1. The molecule has 0 radical (unpaired) electrons. The van der Waals surface area contributed by atoms with Gasteiger partial charge < -0.3 is 10.2 Å². The van der Waals surface area contributed by atoms with Crippen molar-refractivity contribution in [1.29, 1.82) is 0 Å². The Balaban J connectivity index is 3.51. The van der Waals surface area contributed by atoms with E-state index in [-0.39, 0.29) is 11.1 Å². The third-order valence-electron chi connectivity index (χ3n) is 2.40. The standard InChI is InChI=1S/C11H12O4/c1-3-7-4-5-8(10(12)13)9(6(7)2)11(14)15/h4-5H,3H2,1-2H3,(H,12,13)(H,14,15). The van der Waals surface area contributed by atoms with E-state index in [1.54, 1.807) is 13.0 Å². The number of carbonyl (C=O) groups is 2. The van der Waals surface area contributed by atoms with Crippen LogP contribution in [-0.2, 0) is 6.42 Å². The van der Waals surface area contributed by atoms with Crippen molar-refractivity contribution in [2.75, 3.05) is 0 Å². The Morgan fingerprint density at radius 1 is 1.20 bits per heavy atom. The number of rotatable bonds is 3. The molecule has 0 aliphatic rings. The van der Waals surface area contributed by atoms with E-state index < -0.39 is 11.9 Å². The van der Waals surface area contributed by atoms with Gasteiger partial charge in [0, 0.05) is 0 Å². The summed E-state index contributed by atoms with van der Waals surface area (Å²) >= 11 is 0. The number of benzene rings is 1. The molecule has 1 aromatic carbocycles. The Morgan fingerprint density at radius 2 is 1.80 bits per heavy atom. The molecule has 0 fully saturated rings. The highest BCUT2D eigenvalue weighted by atomic mass is 16.4. The quantitative estimate of drug-likeness (QED) is 0.796. The lowest BCUT2D eigenvalue weighted by atomic mass is 9.96. The van der Waals surface area contributed by atoms with E-state index in [9.17, 15) is 9.59 Å². The van der Waals surface area contributed by atoms with Gasteiger partial charge in [0.1, 0.15) is 0 Å². The second kappa shape index (κ2) is 4.13. The van der Waals surface area contributed by atoms with Crippen LogP contribution in [-0.4, -0.2) is 22.2 Å². The molecule has 0 heterocycles. The van der Waals surface area contributed by atoms with Gasteiger partial charge in [-0.3, -0.25) is 0 Å². The summed E-state index contributed by atoms with van der Waals surface area (Å²) in [5.41, 5.74) is 1.13. The molecule has 1 aromatic rings. The molecule has 0 aliphatic heterocycles. The predicted molar refractivity (Wildman–Crippen MR) is 54.5 cm³/mol. The van der Waals surface area contributed by atoms with E-state index >= 15 is 0 Å². The molecule has 1 rings (SSSR count). The summed E-state index contributed by atoms with van der Waals surface area (Å²) in [6.45, 7) is 3.53. The van der Waals surface area contributed by atoms with Gasteiger partial charge in [0.25, 0.3) is 0 Å². The topological polar surface area (TPSA) is 74.6 Å². The molecule has 0 unspecified atom stereocenters. The highest BCUT2D eigenvalue weighted by Crippen LogP contribution is 2.19. The molecule has 0 atom stereocenters. The fourth-order valence-corrected chi connectivity index (χ4v) is 1.59. The first-order valence-corrected chi connectivity index (χ1v) is 4.58. The second-order valence-electron chi connectivity index (χ2n) is 3.24. The Kier molecular flexibility index (Phi) is 3.09. The summed E-state index contributed by atoms with van der Waals surface area (Å²) in [6.07, 6.45) is 0.687. The third kappa shape index (κ3) is 1.98. The number of hydrogen-bond acceptors (Lipinski definition) is 2. The minimum absolute atomic E-state index is 0.109. The van der Waals surface area contributed by atoms with Crippen LogP contribution in [0.2, 0.25) is 0 Å². The summed E-state index contributed by atoms with van der Waals surface area (Å²) in [4.78, 5) is 21.8. The van der Waals surface area contributed by atoms with Gasteiger partial charge in [-0.05, 0) is 30.5 Å². The molecule has 0 bridgehead atoms. The minimum Gasteiger partial charge on any atom is -0.478 e. The van der Waals surface area contributed by atoms with Crippen LogP contribution < -0.4 is 0 Å². The van der Waals surface area contributed by atoms with Crippen molar-refractivity contribution < 1.29 is 19.8 Å². The molecular weight excluding hydrogens is 196 g/mol. The molecule has 0 saturated carbocycles. The average Bonchev–Trinajstić information content (AvgIpc) is 2.16. The third-order valence-corrected chi connectivity index (χ3v) is 2.40. The van der Waals surface area contributed by atoms with E-state index in [2.05, 4.69) is 0 Å². The van der Waals surface area contributed by atoms with Gasteiger partial charge in [-0.2, -0.15) is 0 Å². The largest absolute Gasteiger partial charge is 0.478 e. The van der Waals surface area contributed by atoms with Gasteiger partial charge in [-0.1, -0.05) is 13.0 Å². The lowest BCUT2D eigenvalue weighted by Gasteiger charge is -2.09. The maximum absolute atomic E-state index is 11.0. The Labute approximate surface area is 87.2 Å². The van der Waals surface area contributed by atoms with E-state index in [0.29, 0.717) is 12.0 Å². The predicted octanol–water partition coefficient (Wildman–Crippen LogP) is 1.95.